The van der Waals surface area contributed by atoms with Crippen LogP contribution >= 0.6 is 0 Å². The number of ether oxygens (including phenoxy) is 2. The SMILES string of the molecule is CCOC(=O)c1cc(C(NC(C)=O)C(CC)CC)nn1CC1COC(=O)N1. The summed E-state index contributed by atoms with van der Waals surface area (Å²) in [6.07, 6.45) is 1.23. The predicted molar refractivity (Wildman–Crippen MR) is 97.1 cm³/mol. The number of carbonyl (C=O) groups excluding carboxylic acids is 3. The second-order valence-corrected chi connectivity index (χ2v) is 6.55. The van der Waals surface area contributed by atoms with Crippen LogP contribution in [-0.2, 0) is 20.8 Å². The topological polar surface area (TPSA) is 112 Å². The number of carbonyl (C=O) groups is 3. The zero-order chi connectivity index (χ0) is 20.0. The molecule has 27 heavy (non-hydrogen) atoms. The Bertz CT molecular complexity index is 683. The summed E-state index contributed by atoms with van der Waals surface area (Å²) in [4.78, 5) is 35.4. The molecule has 0 spiro atoms. The minimum atomic E-state index is -0.493. The smallest absolute Gasteiger partial charge is 0.407 e. The Morgan fingerprint density at radius 3 is 2.63 bits per heavy atom. The molecule has 0 saturated carbocycles. The van der Waals surface area contributed by atoms with Crippen LogP contribution < -0.4 is 10.6 Å². The van der Waals surface area contributed by atoms with E-state index < -0.39 is 12.1 Å². The summed E-state index contributed by atoms with van der Waals surface area (Å²) in [5.41, 5.74) is 0.890. The summed E-state index contributed by atoms with van der Waals surface area (Å²) in [5, 5.41) is 10.2. The van der Waals surface area contributed by atoms with Gasteiger partial charge in [-0.1, -0.05) is 26.7 Å². The second kappa shape index (κ2) is 9.38. The Labute approximate surface area is 158 Å². The molecule has 1 fully saturated rings. The van der Waals surface area contributed by atoms with E-state index in [0.29, 0.717) is 5.69 Å². The molecule has 150 valence electrons. The minimum Gasteiger partial charge on any atom is -0.461 e. The molecule has 2 unspecified atom stereocenters. The first-order chi connectivity index (χ1) is 12.9. The largest absolute Gasteiger partial charge is 0.461 e. The Hall–Kier alpha value is -2.58. The Morgan fingerprint density at radius 1 is 1.41 bits per heavy atom. The summed E-state index contributed by atoms with van der Waals surface area (Å²) in [6, 6.07) is 1.07. The van der Waals surface area contributed by atoms with Gasteiger partial charge in [0.25, 0.3) is 0 Å². The van der Waals surface area contributed by atoms with Crippen molar-refractivity contribution in [3.63, 3.8) is 0 Å². The Morgan fingerprint density at radius 2 is 2.11 bits per heavy atom. The van der Waals surface area contributed by atoms with E-state index in [4.69, 9.17) is 9.47 Å². The highest BCUT2D eigenvalue weighted by Gasteiger charge is 2.29. The number of rotatable bonds is 9. The van der Waals surface area contributed by atoms with E-state index in [9.17, 15) is 14.4 Å². The predicted octanol–water partition coefficient (Wildman–Crippen LogP) is 1.78. The molecule has 2 heterocycles. The van der Waals surface area contributed by atoms with E-state index >= 15 is 0 Å². The fourth-order valence-electron chi connectivity index (χ4n) is 3.24. The van der Waals surface area contributed by atoms with Gasteiger partial charge in [-0.05, 0) is 18.9 Å². The number of amides is 2. The molecule has 1 saturated heterocycles. The lowest BCUT2D eigenvalue weighted by Crippen LogP contribution is -2.33. The quantitative estimate of drug-likeness (QED) is 0.632. The number of hydrogen-bond donors (Lipinski definition) is 2. The molecule has 1 aromatic heterocycles. The van der Waals surface area contributed by atoms with Gasteiger partial charge >= 0.3 is 12.1 Å². The molecule has 1 aliphatic heterocycles. The molecule has 0 radical (unpaired) electrons. The number of nitrogens with zero attached hydrogens (tertiary/aromatic N) is 2. The number of hydrogen-bond acceptors (Lipinski definition) is 6. The van der Waals surface area contributed by atoms with Gasteiger partial charge in [0.2, 0.25) is 5.91 Å². The van der Waals surface area contributed by atoms with E-state index in [-0.39, 0.29) is 49.4 Å². The van der Waals surface area contributed by atoms with Crippen LogP contribution in [0.2, 0.25) is 0 Å². The fraction of sp³-hybridized carbons (Fsp3) is 0.667. The average molecular weight is 380 g/mol. The third-order valence-corrected chi connectivity index (χ3v) is 4.61. The monoisotopic (exact) mass is 380 g/mol. The van der Waals surface area contributed by atoms with Crippen LogP contribution in [0.25, 0.3) is 0 Å². The zero-order valence-corrected chi connectivity index (χ0v) is 16.3. The summed E-state index contributed by atoms with van der Waals surface area (Å²) in [7, 11) is 0. The molecular weight excluding hydrogens is 352 g/mol. The van der Waals surface area contributed by atoms with Crippen molar-refractivity contribution in [2.45, 2.75) is 59.2 Å². The lowest BCUT2D eigenvalue weighted by atomic mass is 9.91. The van der Waals surface area contributed by atoms with Crippen molar-refractivity contribution in [3.05, 3.63) is 17.5 Å². The molecular formula is C18H28N4O5. The van der Waals surface area contributed by atoms with Crippen molar-refractivity contribution in [3.8, 4) is 0 Å². The maximum absolute atomic E-state index is 12.4. The third-order valence-electron chi connectivity index (χ3n) is 4.61. The van der Waals surface area contributed by atoms with Crippen molar-refractivity contribution in [2.75, 3.05) is 13.2 Å². The number of esters is 1. The van der Waals surface area contributed by atoms with Gasteiger partial charge < -0.3 is 20.1 Å². The van der Waals surface area contributed by atoms with E-state index in [1.54, 1.807) is 13.0 Å². The zero-order valence-electron chi connectivity index (χ0n) is 16.3. The van der Waals surface area contributed by atoms with Gasteiger partial charge in [-0.15, -0.1) is 0 Å². The van der Waals surface area contributed by atoms with E-state index in [1.165, 1.54) is 11.6 Å². The van der Waals surface area contributed by atoms with Crippen LogP contribution in [-0.4, -0.2) is 47.0 Å². The lowest BCUT2D eigenvalue weighted by Gasteiger charge is -2.24. The van der Waals surface area contributed by atoms with Crippen molar-refractivity contribution >= 4 is 18.0 Å². The van der Waals surface area contributed by atoms with Gasteiger partial charge in [0.1, 0.15) is 12.3 Å². The van der Waals surface area contributed by atoms with Crippen LogP contribution in [0.5, 0.6) is 0 Å². The molecule has 2 atom stereocenters. The first kappa shape index (κ1) is 20.7. The highest BCUT2D eigenvalue weighted by Crippen LogP contribution is 2.27. The average Bonchev–Trinajstić information content (AvgIpc) is 3.21. The van der Waals surface area contributed by atoms with Gasteiger partial charge in [-0.25, -0.2) is 9.59 Å². The number of alkyl carbamates (subject to hydrolysis) is 1. The molecule has 0 aromatic carbocycles. The highest BCUT2D eigenvalue weighted by atomic mass is 16.6. The van der Waals surface area contributed by atoms with Crippen molar-refractivity contribution < 1.29 is 23.9 Å². The molecule has 1 aromatic rings. The molecule has 0 aliphatic carbocycles. The van der Waals surface area contributed by atoms with Gasteiger partial charge in [-0.2, -0.15) is 5.10 Å². The van der Waals surface area contributed by atoms with E-state index in [1.807, 2.05) is 0 Å². The number of cyclic esters (lactones) is 1. The highest BCUT2D eigenvalue weighted by molar-refractivity contribution is 5.87. The second-order valence-electron chi connectivity index (χ2n) is 6.55. The molecule has 0 bridgehead atoms. The van der Waals surface area contributed by atoms with E-state index in [0.717, 1.165) is 12.8 Å². The summed E-state index contributed by atoms with van der Waals surface area (Å²) in [5.74, 6) is -0.468. The first-order valence-corrected chi connectivity index (χ1v) is 9.34. The maximum atomic E-state index is 12.4. The number of nitrogens with one attached hydrogen (secondary N) is 2. The van der Waals surface area contributed by atoms with Crippen molar-refractivity contribution in [1.82, 2.24) is 20.4 Å². The van der Waals surface area contributed by atoms with Crippen LogP contribution in [0.15, 0.2) is 6.07 Å². The van der Waals surface area contributed by atoms with Gasteiger partial charge in [-0.3, -0.25) is 9.48 Å². The van der Waals surface area contributed by atoms with Crippen molar-refractivity contribution in [2.24, 2.45) is 5.92 Å². The van der Waals surface area contributed by atoms with Gasteiger partial charge in [0, 0.05) is 6.92 Å². The van der Waals surface area contributed by atoms with Gasteiger partial charge in [0.15, 0.2) is 0 Å². The third kappa shape index (κ3) is 5.21. The van der Waals surface area contributed by atoms with Crippen LogP contribution in [0.3, 0.4) is 0 Å². The van der Waals surface area contributed by atoms with Gasteiger partial charge in [0.05, 0.1) is 30.9 Å². The van der Waals surface area contributed by atoms with Crippen LogP contribution in [0.1, 0.15) is 62.8 Å². The van der Waals surface area contributed by atoms with Crippen molar-refractivity contribution in [1.29, 1.82) is 0 Å². The summed E-state index contributed by atoms with van der Waals surface area (Å²) < 4.78 is 11.6. The molecule has 9 heteroatoms. The van der Waals surface area contributed by atoms with Crippen LogP contribution in [0.4, 0.5) is 4.79 Å². The van der Waals surface area contributed by atoms with Crippen LogP contribution in [0, 0.1) is 5.92 Å². The summed E-state index contributed by atoms with van der Waals surface area (Å²) >= 11 is 0. The summed E-state index contributed by atoms with van der Waals surface area (Å²) in [6.45, 7) is 8.02. The number of aromatic nitrogens is 2. The fourth-order valence-corrected chi connectivity index (χ4v) is 3.24. The molecule has 2 N–H and O–H groups in total. The molecule has 9 nitrogen and oxygen atoms in total. The molecule has 2 rings (SSSR count). The maximum Gasteiger partial charge on any atom is 0.407 e. The molecule has 2 amide bonds. The Kier molecular flexibility index (Phi) is 7.20. The van der Waals surface area contributed by atoms with E-state index in [2.05, 4.69) is 29.6 Å². The molecule has 1 aliphatic rings. The standard InChI is InChI=1S/C18H28N4O5/c1-5-12(6-2)16(19-11(4)23)14-8-15(17(24)26-7-3)22(21-14)9-13-10-27-18(25)20-13/h8,12-13,16H,5-7,9-10H2,1-4H3,(H,19,23)(H,20,25). The normalized spacial score (nSPS) is 17.4. The first-order valence-electron chi connectivity index (χ1n) is 9.34. The minimum absolute atomic E-state index is 0.157. The lowest BCUT2D eigenvalue weighted by molar-refractivity contribution is -0.120. The Balaban J connectivity index is 2.36.